The standard InChI is InChI=1S/C24H30F2O6/c1-20(2)31-16-11-14-12-5-6-13-17(25)15(27)7-8-21(13,3)23(12,26)10-9-22(14,4)24(16,32-20)18(28)19(29)30/h7-8,12,14,16,19,29-30H,5-6,9-11H2,1-4H3/t12-,14-,16+,21-,22-,23+,24-/m0/s1. The van der Waals surface area contributed by atoms with Crippen molar-refractivity contribution in [1.29, 1.82) is 0 Å². The lowest BCUT2D eigenvalue weighted by Gasteiger charge is -2.61. The van der Waals surface area contributed by atoms with E-state index in [1.165, 1.54) is 6.08 Å². The lowest BCUT2D eigenvalue weighted by Crippen LogP contribution is -2.65. The average molecular weight is 452 g/mol. The van der Waals surface area contributed by atoms with Crippen LogP contribution >= 0.6 is 0 Å². The molecule has 0 aromatic carbocycles. The molecule has 7 atom stereocenters. The molecule has 0 radical (unpaired) electrons. The second kappa shape index (κ2) is 6.34. The number of alkyl halides is 1. The molecule has 6 nitrogen and oxygen atoms in total. The number of ketones is 2. The summed E-state index contributed by atoms with van der Waals surface area (Å²) in [5, 5.41) is 19.7. The topological polar surface area (TPSA) is 93.1 Å². The largest absolute Gasteiger partial charge is 0.362 e. The highest BCUT2D eigenvalue weighted by molar-refractivity contribution is 6.04. The van der Waals surface area contributed by atoms with Gasteiger partial charge in [0.2, 0.25) is 17.9 Å². The van der Waals surface area contributed by atoms with Crippen molar-refractivity contribution in [2.75, 3.05) is 0 Å². The summed E-state index contributed by atoms with van der Waals surface area (Å²) in [7, 11) is 0. The number of hydrogen-bond donors (Lipinski definition) is 2. The van der Waals surface area contributed by atoms with Gasteiger partial charge in [0.05, 0.1) is 6.10 Å². The van der Waals surface area contributed by atoms with Crippen LogP contribution in [0.15, 0.2) is 23.6 Å². The third-order valence-electron chi connectivity index (χ3n) is 9.35. The van der Waals surface area contributed by atoms with Gasteiger partial charge in [-0.05, 0) is 76.4 Å². The Labute approximate surface area is 185 Å². The van der Waals surface area contributed by atoms with Crippen LogP contribution in [0.25, 0.3) is 0 Å². The maximum absolute atomic E-state index is 17.0. The van der Waals surface area contributed by atoms with Gasteiger partial charge in [-0.2, -0.15) is 0 Å². The number of fused-ring (bicyclic) bond motifs is 7. The second-order valence-electron chi connectivity index (χ2n) is 11.0. The molecule has 0 amide bonds. The second-order valence-corrected chi connectivity index (χ2v) is 11.0. The smallest absolute Gasteiger partial charge is 0.223 e. The molecule has 4 aliphatic carbocycles. The summed E-state index contributed by atoms with van der Waals surface area (Å²) in [6.07, 6.45) is 0.830. The van der Waals surface area contributed by atoms with Crippen LogP contribution in [0, 0.1) is 22.7 Å². The molecule has 2 N–H and O–H groups in total. The summed E-state index contributed by atoms with van der Waals surface area (Å²) < 4.78 is 44.0. The van der Waals surface area contributed by atoms with Gasteiger partial charge < -0.3 is 19.7 Å². The number of rotatable bonds is 2. The molecule has 176 valence electrons. The lowest BCUT2D eigenvalue weighted by atomic mass is 9.45. The van der Waals surface area contributed by atoms with Gasteiger partial charge in [-0.1, -0.05) is 13.0 Å². The first kappa shape index (κ1) is 22.3. The number of hydrogen-bond acceptors (Lipinski definition) is 6. The fraction of sp³-hybridized carbons (Fsp3) is 0.750. The van der Waals surface area contributed by atoms with Gasteiger partial charge in [0.15, 0.2) is 17.2 Å². The van der Waals surface area contributed by atoms with Crippen molar-refractivity contribution in [1.82, 2.24) is 0 Å². The van der Waals surface area contributed by atoms with Crippen LogP contribution in [0.1, 0.15) is 59.8 Å². The fourth-order valence-electron chi connectivity index (χ4n) is 7.90. The molecule has 5 aliphatic rings. The summed E-state index contributed by atoms with van der Waals surface area (Å²) in [6.45, 7) is 6.87. The van der Waals surface area contributed by atoms with Crippen molar-refractivity contribution in [3.8, 4) is 0 Å². The zero-order valence-corrected chi connectivity index (χ0v) is 18.8. The molecule has 0 unspecified atom stereocenters. The molecular formula is C24H30F2O6. The zero-order chi connectivity index (χ0) is 23.5. The first-order valence-corrected chi connectivity index (χ1v) is 11.3. The van der Waals surface area contributed by atoms with Crippen LogP contribution in [0.2, 0.25) is 0 Å². The number of halogens is 2. The van der Waals surface area contributed by atoms with E-state index in [2.05, 4.69) is 0 Å². The van der Waals surface area contributed by atoms with E-state index in [1.807, 2.05) is 6.92 Å². The van der Waals surface area contributed by atoms with Gasteiger partial charge in [-0.25, -0.2) is 8.78 Å². The fourth-order valence-corrected chi connectivity index (χ4v) is 7.90. The van der Waals surface area contributed by atoms with Crippen LogP contribution in [0.5, 0.6) is 0 Å². The number of carbonyl (C=O) groups is 2. The zero-order valence-electron chi connectivity index (χ0n) is 18.8. The van der Waals surface area contributed by atoms with E-state index < -0.39 is 63.6 Å². The SMILES string of the molecule is CC1(C)O[C@@H]2C[C@H]3[C@@H]4CCC5=C(F)C(=O)C=C[C@]5(C)[C@@]4(F)CC[C@]3(C)[C@]2(C(=O)C(O)O)O1. The molecular weight excluding hydrogens is 422 g/mol. The maximum Gasteiger partial charge on any atom is 0.223 e. The minimum atomic E-state index is -2.23. The molecule has 0 bridgehead atoms. The van der Waals surface area contributed by atoms with Gasteiger partial charge in [0.25, 0.3) is 0 Å². The Morgan fingerprint density at radius 1 is 1.19 bits per heavy atom. The Kier molecular flexibility index (Phi) is 4.42. The Morgan fingerprint density at radius 3 is 2.53 bits per heavy atom. The van der Waals surface area contributed by atoms with Crippen LogP contribution in [0.3, 0.4) is 0 Å². The number of ether oxygens (including phenoxy) is 2. The molecule has 0 aromatic rings. The molecule has 1 heterocycles. The van der Waals surface area contributed by atoms with E-state index in [0.717, 1.165) is 6.08 Å². The molecule has 32 heavy (non-hydrogen) atoms. The van der Waals surface area contributed by atoms with Crippen LogP contribution in [-0.2, 0) is 19.1 Å². The lowest BCUT2D eigenvalue weighted by molar-refractivity contribution is -0.231. The first-order valence-electron chi connectivity index (χ1n) is 11.3. The van der Waals surface area contributed by atoms with Crippen LogP contribution in [-0.4, -0.2) is 51.2 Å². The highest BCUT2D eigenvalue weighted by atomic mass is 19.1. The molecule has 1 saturated heterocycles. The van der Waals surface area contributed by atoms with E-state index in [0.29, 0.717) is 12.8 Å². The molecule has 8 heteroatoms. The normalized spacial score (nSPS) is 49.0. The van der Waals surface area contributed by atoms with Crippen molar-refractivity contribution >= 4 is 11.6 Å². The third-order valence-corrected chi connectivity index (χ3v) is 9.35. The Hall–Kier alpha value is -1.48. The van der Waals surface area contributed by atoms with E-state index in [9.17, 15) is 24.2 Å². The van der Waals surface area contributed by atoms with Gasteiger partial charge in [-0.15, -0.1) is 0 Å². The van der Waals surface area contributed by atoms with E-state index in [1.54, 1.807) is 20.8 Å². The number of aliphatic hydroxyl groups is 2. The number of allylic oxidation sites excluding steroid dienone is 4. The molecule has 1 aliphatic heterocycles. The summed E-state index contributed by atoms with van der Waals surface area (Å²) in [4.78, 5) is 25.1. The molecule has 5 rings (SSSR count). The summed E-state index contributed by atoms with van der Waals surface area (Å²) >= 11 is 0. The van der Waals surface area contributed by atoms with Crippen molar-refractivity contribution in [3.05, 3.63) is 23.6 Å². The minimum Gasteiger partial charge on any atom is -0.362 e. The van der Waals surface area contributed by atoms with Crippen molar-refractivity contribution < 1.29 is 38.1 Å². The molecule has 3 saturated carbocycles. The Morgan fingerprint density at radius 2 is 1.88 bits per heavy atom. The van der Waals surface area contributed by atoms with E-state index in [4.69, 9.17) is 9.47 Å². The highest BCUT2D eigenvalue weighted by Gasteiger charge is 2.78. The van der Waals surface area contributed by atoms with Crippen molar-refractivity contribution in [2.24, 2.45) is 22.7 Å². The van der Waals surface area contributed by atoms with E-state index in [-0.39, 0.29) is 30.8 Å². The number of carbonyl (C=O) groups excluding carboxylic acids is 2. The summed E-state index contributed by atoms with van der Waals surface area (Å²) in [5.74, 6) is -4.41. The molecule has 0 aromatic heterocycles. The van der Waals surface area contributed by atoms with Crippen molar-refractivity contribution in [3.63, 3.8) is 0 Å². The number of Topliss-reactive ketones (excluding diaryl/α,β-unsaturated/α-hetero) is 1. The Bertz CT molecular complexity index is 972. The van der Waals surface area contributed by atoms with Gasteiger partial charge in [-0.3, -0.25) is 9.59 Å². The predicted molar refractivity (Wildman–Crippen MR) is 108 cm³/mol. The summed E-state index contributed by atoms with van der Waals surface area (Å²) in [6, 6.07) is 0. The Balaban J connectivity index is 1.61. The van der Waals surface area contributed by atoms with Gasteiger partial charge in [0.1, 0.15) is 5.67 Å². The van der Waals surface area contributed by atoms with Crippen LogP contribution < -0.4 is 0 Å². The minimum absolute atomic E-state index is 0.0313. The van der Waals surface area contributed by atoms with Crippen LogP contribution in [0.4, 0.5) is 8.78 Å². The third kappa shape index (κ3) is 2.37. The van der Waals surface area contributed by atoms with E-state index >= 15 is 4.39 Å². The molecule has 4 fully saturated rings. The monoisotopic (exact) mass is 452 g/mol. The average Bonchev–Trinajstić information content (AvgIpc) is 3.11. The van der Waals surface area contributed by atoms with Gasteiger partial charge in [0, 0.05) is 10.8 Å². The number of aliphatic hydroxyl groups excluding tert-OH is 1. The quantitative estimate of drug-likeness (QED) is 0.626. The predicted octanol–water partition coefficient (Wildman–Crippen LogP) is 3.06. The highest BCUT2D eigenvalue weighted by Crippen LogP contribution is 2.72. The molecule has 0 spiro atoms. The van der Waals surface area contributed by atoms with Crippen molar-refractivity contribution in [2.45, 2.75) is 89.2 Å². The van der Waals surface area contributed by atoms with Gasteiger partial charge >= 0.3 is 0 Å². The summed E-state index contributed by atoms with van der Waals surface area (Å²) in [5.41, 5.74) is -5.33. The first-order chi connectivity index (χ1) is 14.7. The maximum atomic E-state index is 17.0.